The third-order valence-corrected chi connectivity index (χ3v) is 9.72. The minimum atomic E-state index is -1.80. The van der Waals surface area contributed by atoms with Gasteiger partial charge in [0.2, 0.25) is 5.91 Å². The van der Waals surface area contributed by atoms with Crippen LogP contribution < -0.4 is 20.1 Å². The van der Waals surface area contributed by atoms with Gasteiger partial charge in [-0.15, -0.1) is 0 Å². The molecule has 4 aliphatic rings. The van der Waals surface area contributed by atoms with Crippen molar-refractivity contribution < 1.29 is 38.5 Å². The molecule has 0 radical (unpaired) electrons. The standard InChI is InChI=1S/C29H39FN2O7/c1-28(8-3-9-28)15-31-26(34)23-16-4-5-17(12-16)24(23)32-25(33)19-13-22(20(30)14-21(19)38-2)39-18-6-10-29(37,11-7-18)27(35)36/h13-14,16-18,23-24,37H,3-12,15H2,1-2H3,(H,31,34)(H,32,33)(H,35,36)/t16-,17+,18-,23+,24-,29-/m1/s1. The third kappa shape index (κ3) is 5.44. The predicted molar refractivity (Wildman–Crippen MR) is 139 cm³/mol. The summed E-state index contributed by atoms with van der Waals surface area (Å²) in [6, 6.07) is 2.10. The first-order chi connectivity index (χ1) is 18.5. The molecule has 0 saturated heterocycles. The monoisotopic (exact) mass is 546 g/mol. The van der Waals surface area contributed by atoms with Gasteiger partial charge < -0.3 is 30.3 Å². The molecule has 39 heavy (non-hydrogen) atoms. The van der Waals surface area contributed by atoms with Crippen LogP contribution in [0.2, 0.25) is 0 Å². The van der Waals surface area contributed by atoms with Crippen LogP contribution in [0.4, 0.5) is 4.39 Å². The Morgan fingerprint density at radius 2 is 1.74 bits per heavy atom. The number of amides is 2. The molecule has 1 aromatic rings. The van der Waals surface area contributed by atoms with E-state index in [1.54, 1.807) is 0 Å². The summed E-state index contributed by atoms with van der Waals surface area (Å²) in [5, 5.41) is 25.6. The number of carbonyl (C=O) groups excluding carboxylic acids is 2. The van der Waals surface area contributed by atoms with Crippen LogP contribution in [-0.4, -0.2) is 59.4 Å². The molecular weight excluding hydrogens is 507 g/mol. The number of aliphatic hydroxyl groups is 1. The van der Waals surface area contributed by atoms with Gasteiger partial charge in [0.05, 0.1) is 24.7 Å². The number of ether oxygens (including phenoxy) is 2. The molecule has 4 fully saturated rings. The molecule has 0 aromatic heterocycles. The number of carboxylic acid groups (broad SMARTS) is 1. The number of halogens is 1. The Labute approximate surface area is 227 Å². The quantitative estimate of drug-likeness (QED) is 0.373. The molecule has 2 amide bonds. The van der Waals surface area contributed by atoms with Gasteiger partial charge in [-0.05, 0) is 81.1 Å². The fraction of sp³-hybridized carbons (Fsp3) is 0.690. The first-order valence-electron chi connectivity index (χ1n) is 14.1. The molecule has 5 rings (SSSR count). The summed E-state index contributed by atoms with van der Waals surface area (Å²) >= 11 is 0. The number of nitrogens with one attached hydrogen (secondary N) is 2. The van der Waals surface area contributed by atoms with Crippen molar-refractivity contribution in [1.82, 2.24) is 10.6 Å². The third-order valence-electron chi connectivity index (χ3n) is 9.72. The van der Waals surface area contributed by atoms with Gasteiger partial charge in [-0.1, -0.05) is 13.3 Å². The van der Waals surface area contributed by atoms with Gasteiger partial charge in [0.25, 0.3) is 5.91 Å². The largest absolute Gasteiger partial charge is 0.496 e. The summed E-state index contributed by atoms with van der Waals surface area (Å²) in [4.78, 5) is 38.1. The average molecular weight is 547 g/mol. The summed E-state index contributed by atoms with van der Waals surface area (Å²) in [6.45, 7) is 2.84. The van der Waals surface area contributed by atoms with E-state index in [-0.39, 0.29) is 77.9 Å². The fourth-order valence-electron chi connectivity index (χ4n) is 7.03. The predicted octanol–water partition coefficient (Wildman–Crippen LogP) is 3.42. The SMILES string of the molecule is COc1cc(F)c(O[C@H]2CC[C@@](O)(C(=O)O)CC2)cc1C(=O)N[C@@H]1[C@H]2CC[C@H](C2)[C@@H]1C(=O)NCC1(C)CCC1. The first-order valence-corrected chi connectivity index (χ1v) is 14.1. The Bertz CT molecular complexity index is 1130. The van der Waals surface area contributed by atoms with Gasteiger partial charge in [0.1, 0.15) is 5.75 Å². The van der Waals surface area contributed by atoms with Crippen LogP contribution in [0.25, 0.3) is 0 Å². The van der Waals surface area contributed by atoms with Crippen LogP contribution in [0.15, 0.2) is 12.1 Å². The minimum absolute atomic E-state index is 0.00524. The van der Waals surface area contributed by atoms with Gasteiger partial charge >= 0.3 is 5.97 Å². The molecule has 1 aromatic carbocycles. The molecule has 4 atom stereocenters. The van der Waals surface area contributed by atoms with Crippen LogP contribution in [0.5, 0.6) is 11.5 Å². The first kappa shape index (κ1) is 27.7. The Hall–Kier alpha value is -2.88. The van der Waals surface area contributed by atoms with Gasteiger partial charge in [-0.25, -0.2) is 9.18 Å². The zero-order valence-corrected chi connectivity index (χ0v) is 22.6. The molecular formula is C29H39FN2O7. The van der Waals surface area contributed by atoms with Gasteiger partial charge in [-0.3, -0.25) is 9.59 Å². The molecule has 0 unspecified atom stereocenters. The van der Waals surface area contributed by atoms with Crippen molar-refractivity contribution in [3.05, 3.63) is 23.5 Å². The lowest BCUT2D eigenvalue weighted by molar-refractivity contribution is -0.163. The smallest absolute Gasteiger partial charge is 0.335 e. The lowest BCUT2D eigenvalue weighted by atomic mass is 9.70. The van der Waals surface area contributed by atoms with Crippen LogP contribution in [0.1, 0.15) is 81.5 Å². The Kier molecular flexibility index (Phi) is 7.52. The lowest BCUT2D eigenvalue weighted by Gasteiger charge is -2.39. The van der Waals surface area contributed by atoms with Crippen molar-refractivity contribution in [3.63, 3.8) is 0 Å². The van der Waals surface area contributed by atoms with Crippen molar-refractivity contribution in [3.8, 4) is 11.5 Å². The van der Waals surface area contributed by atoms with Gasteiger partial charge in [0, 0.05) is 18.7 Å². The van der Waals surface area contributed by atoms with Crippen LogP contribution in [-0.2, 0) is 9.59 Å². The highest BCUT2D eigenvalue weighted by Gasteiger charge is 2.52. The number of methoxy groups -OCH3 is 1. The maximum atomic E-state index is 14.9. The molecule has 4 N–H and O–H groups in total. The van der Waals surface area contributed by atoms with Gasteiger partial charge in [-0.2, -0.15) is 0 Å². The number of rotatable bonds is 9. The molecule has 214 valence electrons. The molecule has 0 aliphatic heterocycles. The maximum absolute atomic E-state index is 14.9. The molecule has 4 aliphatic carbocycles. The van der Waals surface area contributed by atoms with Gasteiger partial charge in [0.15, 0.2) is 17.2 Å². The molecule has 0 heterocycles. The van der Waals surface area contributed by atoms with E-state index in [0.29, 0.717) is 6.54 Å². The number of carbonyl (C=O) groups is 3. The van der Waals surface area contributed by atoms with Crippen LogP contribution >= 0.6 is 0 Å². The Balaban J connectivity index is 1.28. The van der Waals surface area contributed by atoms with E-state index in [0.717, 1.165) is 38.2 Å². The van der Waals surface area contributed by atoms with Crippen molar-refractivity contribution in [1.29, 1.82) is 0 Å². The molecule has 10 heteroatoms. The second-order valence-electron chi connectivity index (χ2n) is 12.4. The lowest BCUT2D eigenvalue weighted by Crippen LogP contribution is -2.51. The number of fused-ring (bicyclic) bond motifs is 2. The van der Waals surface area contributed by atoms with Crippen molar-refractivity contribution in [2.75, 3.05) is 13.7 Å². The van der Waals surface area contributed by atoms with Crippen LogP contribution in [0.3, 0.4) is 0 Å². The van der Waals surface area contributed by atoms with Crippen LogP contribution in [0, 0.1) is 29.0 Å². The zero-order chi connectivity index (χ0) is 27.9. The molecule has 9 nitrogen and oxygen atoms in total. The second kappa shape index (κ2) is 10.6. The van der Waals surface area contributed by atoms with E-state index in [1.807, 2.05) is 0 Å². The highest BCUT2D eigenvalue weighted by Crippen LogP contribution is 2.49. The molecule has 4 saturated carbocycles. The minimum Gasteiger partial charge on any atom is -0.496 e. The number of hydrogen-bond donors (Lipinski definition) is 4. The summed E-state index contributed by atoms with van der Waals surface area (Å²) in [5.41, 5.74) is -1.53. The highest BCUT2D eigenvalue weighted by atomic mass is 19.1. The average Bonchev–Trinajstić information content (AvgIpc) is 3.50. The van der Waals surface area contributed by atoms with Crippen molar-refractivity contribution >= 4 is 17.8 Å². The normalized spacial score (nSPS) is 32.7. The highest BCUT2D eigenvalue weighted by molar-refractivity contribution is 5.98. The summed E-state index contributed by atoms with van der Waals surface area (Å²) in [6.07, 6.45) is 6.19. The molecule has 2 bridgehead atoms. The number of carboxylic acids is 1. The summed E-state index contributed by atoms with van der Waals surface area (Å²) in [5.74, 6) is -2.37. The van der Waals surface area contributed by atoms with E-state index in [2.05, 4.69) is 17.6 Å². The zero-order valence-electron chi connectivity index (χ0n) is 22.6. The fourth-order valence-corrected chi connectivity index (χ4v) is 7.03. The maximum Gasteiger partial charge on any atom is 0.335 e. The summed E-state index contributed by atoms with van der Waals surface area (Å²) in [7, 11) is 1.36. The van der Waals surface area contributed by atoms with E-state index in [9.17, 15) is 29.0 Å². The van der Waals surface area contributed by atoms with E-state index in [4.69, 9.17) is 9.47 Å². The van der Waals surface area contributed by atoms with E-state index >= 15 is 0 Å². The second-order valence-corrected chi connectivity index (χ2v) is 12.4. The number of benzene rings is 1. The number of aliphatic carboxylic acids is 1. The van der Waals surface area contributed by atoms with Crippen molar-refractivity contribution in [2.45, 2.75) is 88.9 Å². The Morgan fingerprint density at radius 1 is 1.05 bits per heavy atom. The van der Waals surface area contributed by atoms with Crippen molar-refractivity contribution in [2.24, 2.45) is 23.2 Å². The topological polar surface area (TPSA) is 134 Å². The van der Waals surface area contributed by atoms with E-state index in [1.165, 1.54) is 19.6 Å². The molecule has 0 spiro atoms. The number of hydrogen-bond acceptors (Lipinski definition) is 6. The van der Waals surface area contributed by atoms with E-state index < -0.39 is 29.4 Å². The summed E-state index contributed by atoms with van der Waals surface area (Å²) < 4.78 is 26.0. The Morgan fingerprint density at radius 3 is 2.36 bits per heavy atom.